The minimum absolute atomic E-state index is 0.105. The van der Waals surface area contributed by atoms with Crippen LogP contribution in [0.2, 0.25) is 5.15 Å². The molecule has 0 bridgehead atoms. The molecule has 0 unspecified atom stereocenters. The molecular weight excluding hydrogens is 397 g/mol. The molecule has 1 heterocycles. The third-order valence-electron chi connectivity index (χ3n) is 4.19. The summed E-state index contributed by atoms with van der Waals surface area (Å²) in [5, 5.41) is 6.93. The fraction of sp³-hybridized carbons (Fsp3) is 0.190. The van der Waals surface area contributed by atoms with Gasteiger partial charge in [0.05, 0.1) is 12.2 Å². The van der Waals surface area contributed by atoms with E-state index in [9.17, 15) is 14.0 Å². The van der Waals surface area contributed by atoms with Crippen molar-refractivity contribution in [2.75, 3.05) is 5.32 Å². The third-order valence-corrected chi connectivity index (χ3v) is 4.57. The Balaban J connectivity index is 1.69. The molecule has 0 aliphatic carbocycles. The Hall–Kier alpha value is -3.19. The van der Waals surface area contributed by atoms with Gasteiger partial charge in [-0.3, -0.25) is 4.79 Å². The molecule has 1 aromatic heterocycles. The van der Waals surface area contributed by atoms with E-state index in [4.69, 9.17) is 16.3 Å². The van der Waals surface area contributed by atoms with Gasteiger partial charge in [-0.15, -0.1) is 0 Å². The molecule has 0 saturated heterocycles. The summed E-state index contributed by atoms with van der Waals surface area (Å²) in [4.78, 5) is 24.8. The van der Waals surface area contributed by atoms with Crippen LogP contribution in [0, 0.1) is 12.7 Å². The summed E-state index contributed by atoms with van der Waals surface area (Å²) in [6.45, 7) is 3.45. The lowest BCUT2D eigenvalue weighted by Gasteiger charge is -2.13. The first-order valence-electron chi connectivity index (χ1n) is 8.89. The smallest absolute Gasteiger partial charge is 0.343 e. The van der Waals surface area contributed by atoms with Gasteiger partial charge >= 0.3 is 5.97 Å². The summed E-state index contributed by atoms with van der Waals surface area (Å²) < 4.78 is 20.0. The number of carbonyl (C=O) groups excluding carboxylic acids is 2. The first-order valence-corrected chi connectivity index (χ1v) is 9.27. The molecule has 2 aromatic carbocycles. The standard InChI is InChI=1S/C21H19ClFN3O3/c1-13-18(19(22)26(25-13)12-15-7-4-3-5-8-15)21(28)29-14(2)20(27)24-17-10-6-9-16(23)11-17/h3-11,14H,12H2,1-2H3,(H,24,27)/t14-/m1/s1. The molecule has 1 atom stereocenters. The number of rotatable bonds is 6. The molecule has 0 radical (unpaired) electrons. The molecule has 6 nitrogen and oxygen atoms in total. The summed E-state index contributed by atoms with van der Waals surface area (Å²) in [7, 11) is 0. The number of anilines is 1. The van der Waals surface area contributed by atoms with Gasteiger partial charge in [0.15, 0.2) is 6.10 Å². The second kappa shape index (κ2) is 8.87. The van der Waals surface area contributed by atoms with Gasteiger partial charge in [-0.25, -0.2) is 13.9 Å². The molecule has 1 amide bonds. The average Bonchev–Trinajstić information content (AvgIpc) is 2.95. The summed E-state index contributed by atoms with van der Waals surface area (Å²) in [6.07, 6.45) is -1.11. The lowest BCUT2D eigenvalue weighted by molar-refractivity contribution is -0.123. The van der Waals surface area contributed by atoms with Gasteiger partial charge in [-0.1, -0.05) is 48.0 Å². The van der Waals surface area contributed by atoms with Crippen molar-refractivity contribution in [1.82, 2.24) is 9.78 Å². The number of aryl methyl sites for hydroxylation is 1. The van der Waals surface area contributed by atoms with Crippen LogP contribution < -0.4 is 5.32 Å². The number of nitrogens with zero attached hydrogens (tertiary/aromatic N) is 2. The van der Waals surface area contributed by atoms with Crippen molar-refractivity contribution in [2.24, 2.45) is 0 Å². The molecule has 29 heavy (non-hydrogen) atoms. The number of aromatic nitrogens is 2. The SMILES string of the molecule is Cc1nn(Cc2ccccc2)c(Cl)c1C(=O)O[C@H](C)C(=O)Nc1cccc(F)c1. The Kier molecular flexibility index (Phi) is 6.29. The molecule has 0 aliphatic heterocycles. The van der Waals surface area contributed by atoms with Crippen molar-refractivity contribution < 1.29 is 18.7 Å². The van der Waals surface area contributed by atoms with Crippen LogP contribution in [-0.2, 0) is 16.1 Å². The van der Waals surface area contributed by atoms with Crippen molar-refractivity contribution >= 4 is 29.2 Å². The lowest BCUT2D eigenvalue weighted by atomic mass is 10.2. The zero-order valence-corrected chi connectivity index (χ0v) is 16.6. The number of hydrogen-bond donors (Lipinski definition) is 1. The van der Waals surface area contributed by atoms with Crippen LogP contribution in [0.25, 0.3) is 0 Å². The van der Waals surface area contributed by atoms with Gasteiger partial charge in [-0.05, 0) is 37.6 Å². The summed E-state index contributed by atoms with van der Waals surface area (Å²) in [6, 6.07) is 15.0. The highest BCUT2D eigenvalue weighted by molar-refractivity contribution is 6.32. The second-order valence-electron chi connectivity index (χ2n) is 6.44. The molecule has 0 fully saturated rings. The maximum absolute atomic E-state index is 13.2. The third kappa shape index (κ3) is 5.00. The predicted octanol–water partition coefficient (Wildman–Crippen LogP) is 4.22. The molecule has 150 valence electrons. The maximum atomic E-state index is 13.2. The highest BCUT2D eigenvalue weighted by Crippen LogP contribution is 2.22. The average molecular weight is 416 g/mol. The Bertz CT molecular complexity index is 1040. The monoisotopic (exact) mass is 415 g/mol. The molecule has 1 N–H and O–H groups in total. The van der Waals surface area contributed by atoms with Gasteiger partial charge in [-0.2, -0.15) is 5.10 Å². The van der Waals surface area contributed by atoms with Gasteiger partial charge in [0.1, 0.15) is 16.5 Å². The van der Waals surface area contributed by atoms with Crippen LogP contribution in [0.5, 0.6) is 0 Å². The minimum Gasteiger partial charge on any atom is -0.449 e. The van der Waals surface area contributed by atoms with E-state index in [1.807, 2.05) is 30.3 Å². The minimum atomic E-state index is -1.11. The fourth-order valence-corrected chi connectivity index (χ4v) is 3.04. The van der Waals surface area contributed by atoms with Crippen LogP contribution >= 0.6 is 11.6 Å². The molecule has 8 heteroatoms. The summed E-state index contributed by atoms with van der Waals surface area (Å²) in [5.74, 6) is -1.83. The van der Waals surface area contributed by atoms with Crippen molar-refractivity contribution in [3.8, 4) is 0 Å². The van der Waals surface area contributed by atoms with Gasteiger partial charge in [0, 0.05) is 5.69 Å². The highest BCUT2D eigenvalue weighted by Gasteiger charge is 2.26. The Morgan fingerprint density at radius 1 is 1.21 bits per heavy atom. The van der Waals surface area contributed by atoms with Crippen LogP contribution in [0.3, 0.4) is 0 Å². The topological polar surface area (TPSA) is 73.2 Å². The second-order valence-corrected chi connectivity index (χ2v) is 6.80. The number of hydrogen-bond acceptors (Lipinski definition) is 4. The van der Waals surface area contributed by atoms with E-state index < -0.39 is 23.8 Å². The Labute approximate surface area is 172 Å². The van der Waals surface area contributed by atoms with E-state index in [2.05, 4.69) is 10.4 Å². The largest absolute Gasteiger partial charge is 0.449 e. The van der Waals surface area contributed by atoms with E-state index in [1.165, 1.54) is 35.9 Å². The number of halogens is 2. The van der Waals surface area contributed by atoms with Gasteiger partial charge in [0.2, 0.25) is 0 Å². The number of amides is 1. The quantitative estimate of drug-likeness (QED) is 0.612. The maximum Gasteiger partial charge on any atom is 0.343 e. The lowest BCUT2D eigenvalue weighted by Crippen LogP contribution is -2.30. The number of carbonyl (C=O) groups is 2. The number of nitrogens with one attached hydrogen (secondary N) is 1. The Morgan fingerprint density at radius 3 is 2.62 bits per heavy atom. The first-order chi connectivity index (χ1) is 13.8. The van der Waals surface area contributed by atoms with Crippen LogP contribution in [0.1, 0.15) is 28.5 Å². The molecule has 0 aliphatic rings. The number of ether oxygens (including phenoxy) is 1. The van der Waals surface area contributed by atoms with Crippen LogP contribution in [0.4, 0.5) is 10.1 Å². The fourth-order valence-electron chi connectivity index (χ4n) is 2.73. The highest BCUT2D eigenvalue weighted by atomic mass is 35.5. The Morgan fingerprint density at radius 2 is 1.93 bits per heavy atom. The van der Waals surface area contributed by atoms with E-state index in [1.54, 1.807) is 6.92 Å². The van der Waals surface area contributed by atoms with E-state index in [0.29, 0.717) is 12.2 Å². The molecule has 0 spiro atoms. The van der Waals surface area contributed by atoms with E-state index in [0.717, 1.165) is 5.56 Å². The van der Waals surface area contributed by atoms with Gasteiger partial charge < -0.3 is 10.1 Å². The molecule has 0 saturated carbocycles. The summed E-state index contributed by atoms with van der Waals surface area (Å²) in [5.41, 5.74) is 1.74. The molecule has 3 aromatic rings. The zero-order valence-electron chi connectivity index (χ0n) is 15.9. The number of esters is 1. The zero-order chi connectivity index (χ0) is 21.0. The first kappa shape index (κ1) is 20.5. The van der Waals surface area contributed by atoms with Crippen LogP contribution in [-0.4, -0.2) is 27.8 Å². The van der Waals surface area contributed by atoms with E-state index >= 15 is 0 Å². The number of benzene rings is 2. The van der Waals surface area contributed by atoms with E-state index in [-0.39, 0.29) is 16.4 Å². The van der Waals surface area contributed by atoms with Crippen LogP contribution in [0.15, 0.2) is 54.6 Å². The normalized spacial score (nSPS) is 11.7. The van der Waals surface area contributed by atoms with Crippen molar-refractivity contribution in [1.29, 1.82) is 0 Å². The van der Waals surface area contributed by atoms with Crippen molar-refractivity contribution in [2.45, 2.75) is 26.5 Å². The predicted molar refractivity (Wildman–Crippen MR) is 107 cm³/mol. The van der Waals surface area contributed by atoms with Gasteiger partial charge in [0.25, 0.3) is 5.91 Å². The molecule has 3 rings (SSSR count). The summed E-state index contributed by atoms with van der Waals surface area (Å²) >= 11 is 6.34. The van der Waals surface area contributed by atoms with Crippen molar-refractivity contribution in [3.05, 3.63) is 82.4 Å². The molecular formula is C21H19ClFN3O3. The van der Waals surface area contributed by atoms with Crippen molar-refractivity contribution in [3.63, 3.8) is 0 Å².